The number of morpholine rings is 1. The van der Waals surface area contributed by atoms with E-state index < -0.39 is 0 Å². The first kappa shape index (κ1) is 8.93. The molecule has 2 rings (SSSR count). The Hall–Kier alpha value is -0.650. The van der Waals surface area contributed by atoms with E-state index in [-0.39, 0.29) is 18.0 Å². The highest BCUT2D eigenvalue weighted by molar-refractivity contribution is 5.82. The van der Waals surface area contributed by atoms with E-state index in [2.05, 4.69) is 10.6 Å². The summed E-state index contributed by atoms with van der Waals surface area (Å²) in [7, 11) is 0. The molecule has 0 saturated carbocycles. The number of hydrogen-bond acceptors (Lipinski definition) is 4. The minimum Gasteiger partial charge on any atom is -0.378 e. The SMILES string of the molecule is O=C(NC1COC1)C1COCCN1. The van der Waals surface area contributed by atoms with Gasteiger partial charge >= 0.3 is 0 Å². The van der Waals surface area contributed by atoms with Crippen LogP contribution in [-0.2, 0) is 14.3 Å². The Bertz CT molecular complexity index is 188. The van der Waals surface area contributed by atoms with Crippen LogP contribution in [0.15, 0.2) is 0 Å². The molecule has 1 atom stereocenters. The Morgan fingerprint density at radius 3 is 2.69 bits per heavy atom. The van der Waals surface area contributed by atoms with Gasteiger partial charge in [0, 0.05) is 6.54 Å². The maximum Gasteiger partial charge on any atom is 0.239 e. The molecule has 2 heterocycles. The number of carbonyl (C=O) groups is 1. The van der Waals surface area contributed by atoms with Gasteiger partial charge in [0.2, 0.25) is 5.91 Å². The fraction of sp³-hybridized carbons (Fsp3) is 0.875. The highest BCUT2D eigenvalue weighted by Crippen LogP contribution is 2.01. The molecule has 1 amide bonds. The Kier molecular flexibility index (Phi) is 2.77. The van der Waals surface area contributed by atoms with Gasteiger partial charge in [-0.05, 0) is 0 Å². The van der Waals surface area contributed by atoms with Crippen LogP contribution in [0.3, 0.4) is 0 Å². The fourth-order valence-electron chi connectivity index (χ4n) is 1.35. The molecule has 0 aromatic heterocycles. The zero-order chi connectivity index (χ0) is 9.10. The number of rotatable bonds is 2. The lowest BCUT2D eigenvalue weighted by Crippen LogP contribution is -2.57. The van der Waals surface area contributed by atoms with E-state index in [4.69, 9.17) is 9.47 Å². The number of nitrogens with one attached hydrogen (secondary N) is 2. The standard InChI is InChI=1S/C8H14N2O3/c11-8(10-6-3-13-4-6)7-5-12-2-1-9-7/h6-7,9H,1-5H2,(H,10,11). The second-order valence-electron chi connectivity index (χ2n) is 3.32. The lowest BCUT2D eigenvalue weighted by Gasteiger charge is -2.30. The Labute approximate surface area is 76.8 Å². The summed E-state index contributed by atoms with van der Waals surface area (Å²) < 4.78 is 10.1. The average molecular weight is 186 g/mol. The Balaban J connectivity index is 1.74. The van der Waals surface area contributed by atoms with E-state index >= 15 is 0 Å². The minimum atomic E-state index is -0.186. The summed E-state index contributed by atoms with van der Waals surface area (Å²) in [5, 5.41) is 5.97. The minimum absolute atomic E-state index is 0.0213. The van der Waals surface area contributed by atoms with Gasteiger partial charge in [0.05, 0.1) is 32.5 Å². The van der Waals surface area contributed by atoms with Crippen molar-refractivity contribution in [2.75, 3.05) is 33.0 Å². The molecular weight excluding hydrogens is 172 g/mol. The molecule has 5 heteroatoms. The molecule has 2 fully saturated rings. The summed E-state index contributed by atoms with van der Waals surface area (Å²) in [6.07, 6.45) is 0. The normalized spacial score (nSPS) is 29.4. The van der Waals surface area contributed by atoms with Crippen LogP contribution in [-0.4, -0.2) is 51.0 Å². The van der Waals surface area contributed by atoms with Gasteiger partial charge in [0.1, 0.15) is 6.04 Å². The van der Waals surface area contributed by atoms with Crippen LogP contribution < -0.4 is 10.6 Å². The summed E-state index contributed by atoms with van der Waals surface area (Å²) in [5.74, 6) is 0.0213. The lowest BCUT2D eigenvalue weighted by molar-refractivity contribution is -0.130. The molecule has 0 spiro atoms. The fourth-order valence-corrected chi connectivity index (χ4v) is 1.35. The predicted molar refractivity (Wildman–Crippen MR) is 45.4 cm³/mol. The smallest absolute Gasteiger partial charge is 0.239 e. The van der Waals surface area contributed by atoms with Crippen molar-refractivity contribution in [2.24, 2.45) is 0 Å². The van der Waals surface area contributed by atoms with E-state index in [9.17, 15) is 4.79 Å². The molecule has 2 aliphatic heterocycles. The third-order valence-corrected chi connectivity index (χ3v) is 2.22. The third kappa shape index (κ3) is 2.18. The molecular formula is C8H14N2O3. The summed E-state index contributed by atoms with van der Waals surface area (Å²) in [5.41, 5.74) is 0. The van der Waals surface area contributed by atoms with Crippen molar-refractivity contribution >= 4 is 5.91 Å². The first-order valence-electron chi connectivity index (χ1n) is 4.55. The highest BCUT2D eigenvalue weighted by atomic mass is 16.5. The van der Waals surface area contributed by atoms with Crippen molar-refractivity contribution in [2.45, 2.75) is 12.1 Å². The summed E-state index contributed by atoms with van der Waals surface area (Å²) in [6.45, 7) is 3.19. The van der Waals surface area contributed by atoms with Crippen LogP contribution in [0.5, 0.6) is 0 Å². The van der Waals surface area contributed by atoms with Gasteiger partial charge in [0.25, 0.3) is 0 Å². The van der Waals surface area contributed by atoms with Crippen molar-refractivity contribution < 1.29 is 14.3 Å². The van der Waals surface area contributed by atoms with E-state index in [1.54, 1.807) is 0 Å². The molecule has 0 aromatic rings. The molecule has 2 aliphatic rings. The van der Waals surface area contributed by atoms with E-state index in [1.165, 1.54) is 0 Å². The van der Waals surface area contributed by atoms with Crippen LogP contribution in [0.1, 0.15) is 0 Å². The molecule has 5 nitrogen and oxygen atoms in total. The third-order valence-electron chi connectivity index (χ3n) is 2.22. The van der Waals surface area contributed by atoms with Gasteiger partial charge in [-0.1, -0.05) is 0 Å². The van der Waals surface area contributed by atoms with E-state index in [1.807, 2.05) is 0 Å². The van der Waals surface area contributed by atoms with E-state index in [0.717, 1.165) is 6.54 Å². The van der Waals surface area contributed by atoms with Gasteiger partial charge in [-0.3, -0.25) is 4.79 Å². The summed E-state index contributed by atoms with van der Waals surface area (Å²) in [6, 6.07) is 0.0191. The molecule has 0 aromatic carbocycles. The molecule has 0 aliphatic carbocycles. The van der Waals surface area contributed by atoms with Gasteiger partial charge in [-0.25, -0.2) is 0 Å². The number of hydrogen-bond donors (Lipinski definition) is 2. The van der Waals surface area contributed by atoms with Crippen LogP contribution in [0.4, 0.5) is 0 Å². The zero-order valence-electron chi connectivity index (χ0n) is 7.41. The summed E-state index contributed by atoms with van der Waals surface area (Å²) in [4.78, 5) is 11.5. The number of ether oxygens (including phenoxy) is 2. The second kappa shape index (κ2) is 4.04. The second-order valence-corrected chi connectivity index (χ2v) is 3.32. The van der Waals surface area contributed by atoms with Gasteiger partial charge in [-0.15, -0.1) is 0 Å². The van der Waals surface area contributed by atoms with Crippen molar-refractivity contribution in [1.29, 1.82) is 0 Å². The van der Waals surface area contributed by atoms with Crippen molar-refractivity contribution in [3.63, 3.8) is 0 Å². The van der Waals surface area contributed by atoms with Crippen LogP contribution >= 0.6 is 0 Å². The van der Waals surface area contributed by atoms with Crippen molar-refractivity contribution in [3.05, 3.63) is 0 Å². The quantitative estimate of drug-likeness (QED) is 0.550. The van der Waals surface area contributed by atoms with Gasteiger partial charge in [-0.2, -0.15) is 0 Å². The predicted octanol–water partition coefficient (Wildman–Crippen LogP) is -1.51. The van der Waals surface area contributed by atoms with Crippen molar-refractivity contribution in [3.8, 4) is 0 Å². The molecule has 2 saturated heterocycles. The van der Waals surface area contributed by atoms with E-state index in [0.29, 0.717) is 26.4 Å². The Morgan fingerprint density at radius 2 is 2.15 bits per heavy atom. The summed E-state index contributed by atoms with van der Waals surface area (Å²) >= 11 is 0. The number of amides is 1. The number of carbonyl (C=O) groups excluding carboxylic acids is 1. The van der Waals surface area contributed by atoms with Gasteiger partial charge in [0.15, 0.2) is 0 Å². The largest absolute Gasteiger partial charge is 0.378 e. The zero-order valence-corrected chi connectivity index (χ0v) is 7.41. The molecule has 2 N–H and O–H groups in total. The molecule has 74 valence electrons. The van der Waals surface area contributed by atoms with Crippen LogP contribution in [0.25, 0.3) is 0 Å². The molecule has 13 heavy (non-hydrogen) atoms. The molecule has 0 bridgehead atoms. The Morgan fingerprint density at radius 1 is 1.31 bits per heavy atom. The topological polar surface area (TPSA) is 59.6 Å². The lowest BCUT2D eigenvalue weighted by atomic mass is 10.2. The van der Waals surface area contributed by atoms with Crippen LogP contribution in [0, 0.1) is 0 Å². The average Bonchev–Trinajstić information content (AvgIpc) is 2.12. The first-order valence-corrected chi connectivity index (χ1v) is 4.55. The molecule has 0 radical (unpaired) electrons. The maximum atomic E-state index is 11.5. The monoisotopic (exact) mass is 186 g/mol. The van der Waals surface area contributed by atoms with Crippen LogP contribution in [0.2, 0.25) is 0 Å². The first-order chi connectivity index (χ1) is 6.36. The highest BCUT2D eigenvalue weighted by Gasteiger charge is 2.26. The maximum absolute atomic E-state index is 11.5. The molecule has 1 unspecified atom stereocenters. The van der Waals surface area contributed by atoms with Crippen molar-refractivity contribution in [1.82, 2.24) is 10.6 Å². The van der Waals surface area contributed by atoms with Gasteiger partial charge < -0.3 is 20.1 Å².